The average Bonchev–Trinajstić information content (AvgIpc) is 2.75. The maximum atomic E-state index is 12.3. The van der Waals surface area contributed by atoms with Crippen LogP contribution in [-0.2, 0) is 10.5 Å². The monoisotopic (exact) mass is 406 g/mol. The molecule has 6 heteroatoms. The van der Waals surface area contributed by atoms with Gasteiger partial charge in [0, 0.05) is 28.8 Å². The maximum Gasteiger partial charge on any atom is 0.255 e. The molecule has 3 aromatic carbocycles. The van der Waals surface area contributed by atoms with Gasteiger partial charge in [-0.3, -0.25) is 9.59 Å². The molecule has 0 radical (unpaired) electrons. The van der Waals surface area contributed by atoms with Gasteiger partial charge in [0.05, 0.1) is 12.9 Å². The normalized spacial score (nSPS) is 10.2. The molecule has 2 amide bonds. The van der Waals surface area contributed by atoms with Crippen LogP contribution in [0.4, 0.5) is 11.4 Å². The predicted molar refractivity (Wildman–Crippen MR) is 119 cm³/mol. The second-order valence-electron chi connectivity index (χ2n) is 6.29. The van der Waals surface area contributed by atoms with E-state index in [1.807, 2.05) is 60.7 Å². The fourth-order valence-electron chi connectivity index (χ4n) is 2.64. The van der Waals surface area contributed by atoms with Crippen LogP contribution in [0.1, 0.15) is 15.9 Å². The zero-order valence-electron chi connectivity index (χ0n) is 16.1. The zero-order valence-corrected chi connectivity index (χ0v) is 16.9. The number of para-hydroxylation sites is 1. The van der Waals surface area contributed by atoms with Crippen LogP contribution in [0.5, 0.6) is 5.75 Å². The number of amides is 2. The molecule has 0 heterocycles. The van der Waals surface area contributed by atoms with E-state index in [1.165, 1.54) is 11.8 Å². The Morgan fingerprint density at radius 1 is 0.862 bits per heavy atom. The highest BCUT2D eigenvalue weighted by Gasteiger charge is 2.07. The van der Waals surface area contributed by atoms with Crippen LogP contribution < -0.4 is 15.4 Å². The van der Waals surface area contributed by atoms with Gasteiger partial charge >= 0.3 is 0 Å². The van der Waals surface area contributed by atoms with Crippen molar-refractivity contribution < 1.29 is 14.3 Å². The lowest BCUT2D eigenvalue weighted by Gasteiger charge is -2.08. The first-order chi connectivity index (χ1) is 14.1. The van der Waals surface area contributed by atoms with Crippen molar-refractivity contribution in [3.05, 3.63) is 90.0 Å². The third-order valence-electron chi connectivity index (χ3n) is 4.10. The van der Waals surface area contributed by atoms with Crippen molar-refractivity contribution in [3.8, 4) is 5.75 Å². The minimum atomic E-state index is -0.145. The van der Waals surface area contributed by atoms with E-state index in [4.69, 9.17) is 4.74 Å². The lowest BCUT2D eigenvalue weighted by molar-refractivity contribution is -0.113. The molecule has 29 heavy (non-hydrogen) atoms. The van der Waals surface area contributed by atoms with Gasteiger partial charge in [0.2, 0.25) is 5.91 Å². The number of benzene rings is 3. The van der Waals surface area contributed by atoms with Gasteiger partial charge in [-0.05, 0) is 42.0 Å². The van der Waals surface area contributed by atoms with E-state index in [0.29, 0.717) is 28.5 Å². The zero-order chi connectivity index (χ0) is 20.5. The Labute approximate surface area is 174 Å². The fourth-order valence-corrected chi connectivity index (χ4v) is 3.42. The Morgan fingerprint density at radius 3 is 2.31 bits per heavy atom. The number of ether oxygens (including phenoxy) is 1. The van der Waals surface area contributed by atoms with E-state index < -0.39 is 0 Å². The first kappa shape index (κ1) is 20.5. The molecule has 0 bridgehead atoms. The van der Waals surface area contributed by atoms with Crippen LogP contribution in [0, 0.1) is 0 Å². The van der Waals surface area contributed by atoms with E-state index in [1.54, 1.807) is 25.3 Å². The highest BCUT2D eigenvalue weighted by molar-refractivity contribution is 7.99. The standard InChI is InChI=1S/C23H22N2O3S/c1-28-21-9-5-8-20(14-21)24-22(26)16-29-15-17-10-12-18(13-11-17)23(27)25-19-6-3-2-4-7-19/h2-14H,15-16H2,1H3,(H,24,26)(H,25,27). The lowest BCUT2D eigenvalue weighted by atomic mass is 10.1. The molecule has 0 saturated carbocycles. The Morgan fingerprint density at radius 2 is 1.59 bits per heavy atom. The average molecular weight is 407 g/mol. The topological polar surface area (TPSA) is 67.4 Å². The van der Waals surface area contributed by atoms with Gasteiger partial charge in [0.1, 0.15) is 5.75 Å². The molecule has 0 unspecified atom stereocenters. The maximum absolute atomic E-state index is 12.3. The van der Waals surface area contributed by atoms with Crippen molar-refractivity contribution in [2.75, 3.05) is 23.5 Å². The van der Waals surface area contributed by atoms with Gasteiger partial charge in [-0.2, -0.15) is 0 Å². The summed E-state index contributed by atoms with van der Waals surface area (Å²) in [6.45, 7) is 0. The molecule has 2 N–H and O–H groups in total. The SMILES string of the molecule is COc1cccc(NC(=O)CSCc2ccc(C(=O)Nc3ccccc3)cc2)c1. The number of hydrogen-bond donors (Lipinski definition) is 2. The molecule has 5 nitrogen and oxygen atoms in total. The summed E-state index contributed by atoms with van der Waals surface area (Å²) in [5, 5.41) is 5.72. The van der Waals surface area contributed by atoms with E-state index in [9.17, 15) is 9.59 Å². The minimum absolute atomic E-state index is 0.0675. The van der Waals surface area contributed by atoms with Crippen molar-refractivity contribution in [2.45, 2.75) is 5.75 Å². The highest BCUT2D eigenvalue weighted by atomic mass is 32.2. The predicted octanol–water partition coefficient (Wildman–Crippen LogP) is 4.82. The molecule has 0 aliphatic heterocycles. The molecular formula is C23H22N2O3S. The second kappa shape index (κ2) is 10.3. The molecule has 3 rings (SSSR count). The molecule has 148 valence electrons. The van der Waals surface area contributed by atoms with Gasteiger partial charge in [0.25, 0.3) is 5.91 Å². The lowest BCUT2D eigenvalue weighted by Crippen LogP contribution is -2.14. The molecule has 0 spiro atoms. The van der Waals surface area contributed by atoms with Crippen molar-refractivity contribution >= 4 is 35.0 Å². The summed E-state index contributed by atoms with van der Waals surface area (Å²) in [5.41, 5.74) is 3.13. The summed E-state index contributed by atoms with van der Waals surface area (Å²) in [6, 6.07) is 24.0. The number of methoxy groups -OCH3 is 1. The number of carbonyl (C=O) groups is 2. The van der Waals surface area contributed by atoms with E-state index in [0.717, 1.165) is 11.3 Å². The van der Waals surface area contributed by atoms with Crippen molar-refractivity contribution in [1.82, 2.24) is 0 Å². The number of hydrogen-bond acceptors (Lipinski definition) is 4. The Bertz CT molecular complexity index is 959. The van der Waals surface area contributed by atoms with Gasteiger partial charge in [-0.1, -0.05) is 36.4 Å². The summed E-state index contributed by atoms with van der Waals surface area (Å²) >= 11 is 1.52. The molecule has 0 aliphatic rings. The molecule has 0 atom stereocenters. The third-order valence-corrected chi connectivity index (χ3v) is 5.11. The number of carbonyl (C=O) groups excluding carboxylic acids is 2. The first-order valence-electron chi connectivity index (χ1n) is 9.11. The summed E-state index contributed by atoms with van der Waals surface area (Å²) in [7, 11) is 1.59. The number of nitrogens with one attached hydrogen (secondary N) is 2. The third kappa shape index (κ3) is 6.40. The molecule has 0 fully saturated rings. The smallest absolute Gasteiger partial charge is 0.255 e. The quantitative estimate of drug-likeness (QED) is 0.563. The largest absolute Gasteiger partial charge is 0.497 e. The summed E-state index contributed by atoms with van der Waals surface area (Å²) in [4.78, 5) is 24.4. The molecular weight excluding hydrogens is 384 g/mol. The fraction of sp³-hybridized carbons (Fsp3) is 0.130. The van der Waals surface area contributed by atoms with E-state index in [2.05, 4.69) is 10.6 Å². The van der Waals surface area contributed by atoms with Crippen LogP contribution in [-0.4, -0.2) is 24.7 Å². The summed E-state index contributed by atoms with van der Waals surface area (Å²) < 4.78 is 5.15. The van der Waals surface area contributed by atoms with Crippen molar-refractivity contribution in [1.29, 1.82) is 0 Å². The Kier molecular flexibility index (Phi) is 7.30. The van der Waals surface area contributed by atoms with Crippen LogP contribution in [0.3, 0.4) is 0 Å². The van der Waals surface area contributed by atoms with Gasteiger partial charge in [0.15, 0.2) is 0 Å². The van der Waals surface area contributed by atoms with E-state index in [-0.39, 0.29) is 11.8 Å². The van der Waals surface area contributed by atoms with Gasteiger partial charge < -0.3 is 15.4 Å². The number of anilines is 2. The van der Waals surface area contributed by atoms with Crippen LogP contribution >= 0.6 is 11.8 Å². The Balaban J connectivity index is 1.45. The highest BCUT2D eigenvalue weighted by Crippen LogP contribution is 2.18. The first-order valence-corrected chi connectivity index (χ1v) is 10.3. The van der Waals surface area contributed by atoms with Crippen LogP contribution in [0.15, 0.2) is 78.9 Å². The van der Waals surface area contributed by atoms with Crippen LogP contribution in [0.2, 0.25) is 0 Å². The minimum Gasteiger partial charge on any atom is -0.497 e. The second-order valence-corrected chi connectivity index (χ2v) is 7.28. The molecule has 0 saturated heterocycles. The number of rotatable bonds is 8. The van der Waals surface area contributed by atoms with Crippen LogP contribution in [0.25, 0.3) is 0 Å². The summed E-state index contributed by atoms with van der Waals surface area (Å²) in [6.07, 6.45) is 0. The van der Waals surface area contributed by atoms with E-state index >= 15 is 0 Å². The van der Waals surface area contributed by atoms with Gasteiger partial charge in [-0.25, -0.2) is 0 Å². The molecule has 0 aliphatic carbocycles. The molecule has 3 aromatic rings. The molecule has 0 aromatic heterocycles. The number of thioether (sulfide) groups is 1. The van der Waals surface area contributed by atoms with Crippen molar-refractivity contribution in [2.24, 2.45) is 0 Å². The van der Waals surface area contributed by atoms with Crippen molar-refractivity contribution in [3.63, 3.8) is 0 Å². The summed E-state index contributed by atoms with van der Waals surface area (Å²) in [5.74, 6) is 1.52. The Hall–Kier alpha value is -3.25. The van der Waals surface area contributed by atoms with Gasteiger partial charge in [-0.15, -0.1) is 11.8 Å².